The number of rotatable bonds is 3. The van der Waals surface area contributed by atoms with Gasteiger partial charge in [-0.3, -0.25) is 9.59 Å². The average Bonchev–Trinajstić information content (AvgIpc) is 3.17. The molecule has 34 heavy (non-hydrogen) atoms. The van der Waals surface area contributed by atoms with Crippen LogP contribution in [0.2, 0.25) is 0 Å². The lowest BCUT2D eigenvalue weighted by Crippen LogP contribution is -2.49. The fourth-order valence-electron chi connectivity index (χ4n) is 5.26. The van der Waals surface area contributed by atoms with Crippen molar-refractivity contribution in [2.24, 2.45) is 17.1 Å². The van der Waals surface area contributed by atoms with E-state index in [1.54, 1.807) is 21.9 Å². The van der Waals surface area contributed by atoms with Crippen molar-refractivity contribution in [3.05, 3.63) is 64.7 Å². The smallest absolute Gasteiger partial charge is 0.370 e. The summed E-state index contributed by atoms with van der Waals surface area (Å²) in [5.41, 5.74) is 5.57. The van der Waals surface area contributed by atoms with E-state index in [0.29, 0.717) is 43.7 Å². The molecule has 1 spiro atoms. The molecule has 2 aliphatic heterocycles. The molecule has 9 heteroatoms. The summed E-state index contributed by atoms with van der Waals surface area (Å²) >= 11 is 0. The lowest BCUT2D eigenvalue weighted by Gasteiger charge is -2.41. The minimum atomic E-state index is -4.66. The second-order valence-electron chi connectivity index (χ2n) is 9.14. The molecule has 2 heterocycles. The van der Waals surface area contributed by atoms with Crippen LogP contribution in [0.1, 0.15) is 39.9 Å². The third kappa shape index (κ3) is 4.20. The maximum Gasteiger partial charge on any atom is 0.417 e. The quantitative estimate of drug-likeness (QED) is 0.740. The number of nitrogens with two attached hydrogens (primary N) is 1. The zero-order chi connectivity index (χ0) is 24.7. The van der Waals surface area contributed by atoms with Crippen LogP contribution >= 0.6 is 0 Å². The molecule has 2 N–H and O–H groups in total. The van der Waals surface area contributed by atoms with Crippen LogP contribution < -0.4 is 10.6 Å². The number of nitriles is 1. The van der Waals surface area contributed by atoms with Gasteiger partial charge in [0, 0.05) is 42.8 Å². The topological polar surface area (TPSA) is 90.4 Å². The molecule has 0 saturated carbocycles. The van der Waals surface area contributed by atoms with E-state index >= 15 is 0 Å². The van der Waals surface area contributed by atoms with Crippen molar-refractivity contribution in [1.29, 1.82) is 5.26 Å². The van der Waals surface area contributed by atoms with Crippen molar-refractivity contribution in [1.82, 2.24) is 4.90 Å². The molecule has 2 aromatic carbocycles. The average molecular weight is 470 g/mol. The van der Waals surface area contributed by atoms with Crippen LogP contribution in [0.5, 0.6) is 0 Å². The second kappa shape index (κ2) is 8.67. The Balaban J connectivity index is 1.56. The number of likely N-dealkylation sites (tertiary alicyclic amines) is 1. The number of halogens is 3. The predicted molar refractivity (Wildman–Crippen MR) is 120 cm³/mol. The third-order valence-corrected chi connectivity index (χ3v) is 7.21. The Morgan fingerprint density at radius 2 is 1.82 bits per heavy atom. The molecular formula is C25H25F3N4O2. The van der Waals surface area contributed by atoms with Crippen LogP contribution in [-0.2, 0) is 11.0 Å². The number of anilines is 1. The first-order valence-electron chi connectivity index (χ1n) is 11.1. The molecule has 0 aliphatic carbocycles. The van der Waals surface area contributed by atoms with Gasteiger partial charge in [-0.2, -0.15) is 18.4 Å². The van der Waals surface area contributed by atoms with Crippen LogP contribution in [0.3, 0.4) is 0 Å². The molecule has 2 aromatic rings. The summed E-state index contributed by atoms with van der Waals surface area (Å²) in [5, 5.41) is 9.06. The molecule has 1 unspecified atom stereocenters. The molecule has 0 bridgehead atoms. The highest BCUT2D eigenvalue weighted by atomic mass is 19.4. The van der Waals surface area contributed by atoms with Crippen LogP contribution in [-0.4, -0.2) is 42.9 Å². The van der Waals surface area contributed by atoms with Crippen LogP contribution in [0.4, 0.5) is 18.9 Å². The van der Waals surface area contributed by atoms with E-state index in [9.17, 15) is 22.8 Å². The number of nitrogens with zero attached hydrogens (tertiary/aromatic N) is 3. The van der Waals surface area contributed by atoms with Gasteiger partial charge < -0.3 is 15.5 Å². The zero-order valence-electron chi connectivity index (χ0n) is 18.7. The normalized spacial score (nSPS) is 19.8. The summed E-state index contributed by atoms with van der Waals surface area (Å²) in [6, 6.07) is 12.5. The number of hydrogen-bond acceptors (Lipinski definition) is 4. The molecule has 6 nitrogen and oxygen atoms in total. The summed E-state index contributed by atoms with van der Waals surface area (Å²) in [6.45, 7) is 3.31. The van der Waals surface area contributed by atoms with Gasteiger partial charge in [-0.1, -0.05) is 18.2 Å². The van der Waals surface area contributed by atoms with Gasteiger partial charge in [0.15, 0.2) is 0 Å². The van der Waals surface area contributed by atoms with E-state index in [1.807, 2.05) is 25.1 Å². The van der Waals surface area contributed by atoms with E-state index in [0.717, 1.165) is 17.7 Å². The Hall–Kier alpha value is -3.54. The molecule has 4 rings (SSSR count). The Morgan fingerprint density at radius 3 is 2.41 bits per heavy atom. The fourth-order valence-corrected chi connectivity index (χ4v) is 5.26. The first kappa shape index (κ1) is 23.6. The van der Waals surface area contributed by atoms with Gasteiger partial charge in [0.25, 0.3) is 5.91 Å². The molecular weight excluding hydrogens is 445 g/mol. The maximum atomic E-state index is 13.5. The molecule has 2 aliphatic rings. The SMILES string of the molecule is Cc1ccccc1C(=O)N1CCC2(CC1)CN(c1ccc(C#N)c(C(F)(F)F)c1)CC2C(N)=O. The van der Waals surface area contributed by atoms with Gasteiger partial charge in [-0.25, -0.2) is 0 Å². The highest BCUT2D eigenvalue weighted by Crippen LogP contribution is 2.47. The molecule has 0 aromatic heterocycles. The molecule has 178 valence electrons. The van der Waals surface area contributed by atoms with Gasteiger partial charge in [-0.15, -0.1) is 0 Å². The summed E-state index contributed by atoms with van der Waals surface area (Å²) in [5.74, 6) is -1.11. The van der Waals surface area contributed by atoms with Crippen molar-refractivity contribution in [2.45, 2.75) is 25.9 Å². The summed E-state index contributed by atoms with van der Waals surface area (Å²) in [7, 11) is 0. The first-order valence-corrected chi connectivity index (χ1v) is 11.1. The number of amides is 2. The number of carbonyl (C=O) groups is 2. The van der Waals surface area contributed by atoms with E-state index in [-0.39, 0.29) is 12.5 Å². The number of primary amides is 1. The van der Waals surface area contributed by atoms with E-state index in [2.05, 4.69) is 0 Å². The largest absolute Gasteiger partial charge is 0.417 e. The highest BCUT2D eigenvalue weighted by Gasteiger charge is 2.51. The van der Waals surface area contributed by atoms with Crippen LogP contribution in [0, 0.1) is 29.6 Å². The Kier molecular flexibility index (Phi) is 6.02. The van der Waals surface area contributed by atoms with Crippen LogP contribution in [0.15, 0.2) is 42.5 Å². The fraction of sp³-hybridized carbons (Fsp3) is 0.400. The lowest BCUT2D eigenvalue weighted by molar-refractivity contribution is -0.137. The number of piperidine rings is 1. The molecule has 1 atom stereocenters. The monoisotopic (exact) mass is 470 g/mol. The lowest BCUT2D eigenvalue weighted by atomic mass is 9.70. The van der Waals surface area contributed by atoms with Crippen molar-refractivity contribution < 1.29 is 22.8 Å². The Labute approximate surface area is 195 Å². The van der Waals surface area contributed by atoms with Crippen molar-refractivity contribution in [3.8, 4) is 6.07 Å². The zero-order valence-corrected chi connectivity index (χ0v) is 18.7. The number of alkyl halides is 3. The van der Waals surface area contributed by atoms with Crippen molar-refractivity contribution in [3.63, 3.8) is 0 Å². The van der Waals surface area contributed by atoms with Gasteiger partial charge in [0.05, 0.1) is 23.1 Å². The summed E-state index contributed by atoms with van der Waals surface area (Å²) < 4.78 is 40.4. The second-order valence-corrected chi connectivity index (χ2v) is 9.14. The molecule has 2 fully saturated rings. The van der Waals surface area contributed by atoms with E-state index < -0.39 is 34.5 Å². The van der Waals surface area contributed by atoms with Crippen molar-refractivity contribution in [2.75, 3.05) is 31.1 Å². The minimum Gasteiger partial charge on any atom is -0.370 e. The molecule has 0 radical (unpaired) electrons. The van der Waals surface area contributed by atoms with Gasteiger partial charge in [0.1, 0.15) is 0 Å². The first-order chi connectivity index (χ1) is 16.1. The third-order valence-electron chi connectivity index (χ3n) is 7.21. The highest BCUT2D eigenvalue weighted by molar-refractivity contribution is 5.95. The van der Waals surface area contributed by atoms with Gasteiger partial charge >= 0.3 is 6.18 Å². The van der Waals surface area contributed by atoms with E-state index in [4.69, 9.17) is 11.0 Å². The van der Waals surface area contributed by atoms with Gasteiger partial charge in [0.2, 0.25) is 5.91 Å². The summed E-state index contributed by atoms with van der Waals surface area (Å²) in [6.07, 6.45) is -3.61. The van der Waals surface area contributed by atoms with Crippen LogP contribution in [0.25, 0.3) is 0 Å². The number of hydrogen-bond donors (Lipinski definition) is 1. The summed E-state index contributed by atoms with van der Waals surface area (Å²) in [4.78, 5) is 28.9. The molecule has 2 saturated heterocycles. The molecule has 2 amide bonds. The Bertz CT molecular complexity index is 1160. The predicted octanol–water partition coefficient (Wildman–Crippen LogP) is 3.73. The number of carbonyl (C=O) groups excluding carboxylic acids is 2. The van der Waals surface area contributed by atoms with E-state index in [1.165, 1.54) is 6.07 Å². The Morgan fingerprint density at radius 1 is 1.15 bits per heavy atom. The van der Waals surface area contributed by atoms with Crippen molar-refractivity contribution >= 4 is 17.5 Å². The number of aryl methyl sites for hydroxylation is 1. The standard InChI is InChI=1S/C25H25F3N4O2/c1-16-4-2-3-5-19(16)23(34)31-10-8-24(9-11-31)15-32(14-21(24)22(30)33)18-7-6-17(13-29)20(12-18)25(26,27)28/h2-7,12,21H,8-11,14-15H2,1H3,(H2,30,33). The van der Waals surface area contributed by atoms with Gasteiger partial charge in [-0.05, 0) is 49.6 Å². The maximum absolute atomic E-state index is 13.5. The number of benzene rings is 2. The minimum absolute atomic E-state index is 0.0691.